The van der Waals surface area contributed by atoms with Gasteiger partial charge in [0, 0.05) is 18.2 Å². The van der Waals surface area contributed by atoms with Crippen LogP contribution < -0.4 is 5.73 Å². The number of nitrogen functional groups attached to an aromatic ring is 1. The van der Waals surface area contributed by atoms with E-state index in [1.54, 1.807) is 0 Å². The maximum atomic E-state index is 13.8. The number of nitrogens with zero attached hydrogens (tertiary/aromatic N) is 2. The van der Waals surface area contributed by atoms with E-state index in [1.165, 1.54) is 11.7 Å². The minimum Gasteiger partial charge on any atom is -0.477 e. The topological polar surface area (TPSA) is 81.1 Å². The van der Waals surface area contributed by atoms with E-state index in [4.69, 9.17) is 10.8 Å². The highest BCUT2D eigenvalue weighted by molar-refractivity contribution is 5.89. The van der Waals surface area contributed by atoms with Crippen molar-refractivity contribution < 1.29 is 23.1 Å². The number of halogens is 3. The lowest BCUT2D eigenvalue weighted by molar-refractivity contribution is 0.0685. The molecule has 2 rings (SSSR count). The molecule has 0 spiro atoms. The Balaban J connectivity index is 2.74. The second kappa shape index (κ2) is 4.30. The molecule has 100 valence electrons. The third-order valence-electron chi connectivity index (χ3n) is 2.65. The predicted octanol–water partition coefficient (Wildman–Crippen LogP) is 1.78. The summed E-state index contributed by atoms with van der Waals surface area (Å²) in [5, 5.41) is 12.3. The molecule has 1 heterocycles. The first-order valence-electron chi connectivity index (χ1n) is 5.03. The maximum absolute atomic E-state index is 13.8. The van der Waals surface area contributed by atoms with Gasteiger partial charge in [-0.3, -0.25) is 4.68 Å². The Hall–Kier alpha value is -2.51. The molecule has 2 aromatic rings. The first-order chi connectivity index (χ1) is 8.84. The van der Waals surface area contributed by atoms with E-state index in [2.05, 4.69) is 5.10 Å². The van der Waals surface area contributed by atoms with Crippen molar-refractivity contribution in [2.45, 2.75) is 0 Å². The highest BCUT2D eigenvalue weighted by Crippen LogP contribution is 2.31. The Labute approximate surface area is 105 Å². The average Bonchev–Trinajstić information content (AvgIpc) is 2.65. The van der Waals surface area contributed by atoms with Gasteiger partial charge >= 0.3 is 5.97 Å². The van der Waals surface area contributed by atoms with Crippen molar-refractivity contribution >= 4 is 11.8 Å². The van der Waals surface area contributed by atoms with Crippen molar-refractivity contribution in [2.24, 2.45) is 7.05 Å². The lowest BCUT2D eigenvalue weighted by Crippen LogP contribution is -2.08. The van der Waals surface area contributed by atoms with E-state index in [0.717, 1.165) is 6.20 Å². The highest BCUT2D eigenvalue weighted by atomic mass is 19.2. The third kappa shape index (κ3) is 1.90. The summed E-state index contributed by atoms with van der Waals surface area (Å²) >= 11 is 0. The van der Waals surface area contributed by atoms with E-state index >= 15 is 0 Å². The number of anilines is 1. The average molecular weight is 271 g/mol. The van der Waals surface area contributed by atoms with Crippen LogP contribution in [-0.4, -0.2) is 20.9 Å². The minimum absolute atomic E-state index is 0.000718. The van der Waals surface area contributed by atoms with Gasteiger partial charge in [0.25, 0.3) is 0 Å². The molecule has 0 radical (unpaired) electrons. The number of carbonyl (C=O) groups is 1. The van der Waals surface area contributed by atoms with Gasteiger partial charge in [-0.2, -0.15) is 5.10 Å². The standard InChI is InChI=1S/C11H8F3N3O2/c1-17-10(15)5(3-16-17)4-2-6(12)7(11(18)19)9(14)8(4)13/h2-3H,15H2,1H3,(H,18,19). The van der Waals surface area contributed by atoms with Gasteiger partial charge in [0.1, 0.15) is 17.2 Å². The van der Waals surface area contributed by atoms with Gasteiger partial charge in [-0.05, 0) is 6.07 Å². The summed E-state index contributed by atoms with van der Waals surface area (Å²) in [6, 6.07) is 0.579. The van der Waals surface area contributed by atoms with Crippen LogP contribution in [0.1, 0.15) is 10.4 Å². The molecule has 0 aliphatic heterocycles. The summed E-state index contributed by atoms with van der Waals surface area (Å²) in [6.45, 7) is 0. The van der Waals surface area contributed by atoms with Crippen LogP contribution in [0.2, 0.25) is 0 Å². The molecular weight excluding hydrogens is 263 g/mol. The molecule has 8 heteroatoms. The number of carboxylic acid groups (broad SMARTS) is 1. The molecule has 0 unspecified atom stereocenters. The fourth-order valence-corrected chi connectivity index (χ4v) is 1.64. The van der Waals surface area contributed by atoms with Crippen LogP contribution >= 0.6 is 0 Å². The summed E-state index contributed by atoms with van der Waals surface area (Å²) in [7, 11) is 1.47. The van der Waals surface area contributed by atoms with Gasteiger partial charge in [0.05, 0.1) is 6.20 Å². The lowest BCUT2D eigenvalue weighted by Gasteiger charge is -2.07. The number of aromatic nitrogens is 2. The number of hydrogen-bond donors (Lipinski definition) is 2. The monoisotopic (exact) mass is 271 g/mol. The molecular formula is C11H8F3N3O2. The lowest BCUT2D eigenvalue weighted by atomic mass is 10.0. The quantitative estimate of drug-likeness (QED) is 0.816. The molecule has 5 nitrogen and oxygen atoms in total. The van der Waals surface area contributed by atoms with E-state index in [9.17, 15) is 18.0 Å². The summed E-state index contributed by atoms with van der Waals surface area (Å²) in [6.07, 6.45) is 1.13. The number of carboxylic acids is 1. The molecule has 3 N–H and O–H groups in total. The number of rotatable bonds is 2. The zero-order chi connectivity index (χ0) is 14.3. The fourth-order valence-electron chi connectivity index (χ4n) is 1.64. The SMILES string of the molecule is Cn1ncc(-c2cc(F)c(C(=O)O)c(F)c2F)c1N. The first kappa shape index (κ1) is 12.9. The number of aryl methyl sites for hydroxylation is 1. The van der Waals surface area contributed by atoms with Crippen LogP contribution in [0.25, 0.3) is 11.1 Å². The number of aromatic carboxylic acids is 1. The van der Waals surface area contributed by atoms with Crippen LogP contribution in [0.15, 0.2) is 12.3 Å². The molecule has 0 atom stereocenters. The molecule has 0 fully saturated rings. The second-order valence-electron chi connectivity index (χ2n) is 3.78. The molecule has 0 saturated carbocycles. The Morgan fingerprint density at radius 3 is 2.42 bits per heavy atom. The molecule has 0 aliphatic rings. The normalized spacial score (nSPS) is 10.7. The molecule has 0 aliphatic carbocycles. The fraction of sp³-hybridized carbons (Fsp3) is 0.0909. The maximum Gasteiger partial charge on any atom is 0.341 e. The Kier molecular flexibility index (Phi) is 2.93. The molecule has 0 amide bonds. The van der Waals surface area contributed by atoms with E-state index in [-0.39, 0.29) is 11.4 Å². The van der Waals surface area contributed by atoms with E-state index in [1.807, 2.05) is 0 Å². The van der Waals surface area contributed by atoms with Crippen LogP contribution in [-0.2, 0) is 7.05 Å². The predicted molar refractivity (Wildman–Crippen MR) is 59.9 cm³/mol. The van der Waals surface area contributed by atoms with Crippen molar-refractivity contribution in [3.05, 3.63) is 35.3 Å². The summed E-state index contributed by atoms with van der Waals surface area (Å²) < 4.78 is 42.0. The zero-order valence-corrected chi connectivity index (χ0v) is 9.62. The van der Waals surface area contributed by atoms with Gasteiger partial charge in [0.2, 0.25) is 0 Å². The summed E-state index contributed by atoms with van der Waals surface area (Å²) in [4.78, 5) is 10.6. The van der Waals surface area contributed by atoms with Crippen molar-refractivity contribution in [2.75, 3.05) is 5.73 Å². The number of hydrogen-bond acceptors (Lipinski definition) is 3. The zero-order valence-electron chi connectivity index (χ0n) is 9.62. The van der Waals surface area contributed by atoms with Gasteiger partial charge in [-0.15, -0.1) is 0 Å². The van der Waals surface area contributed by atoms with Crippen LogP contribution in [0.5, 0.6) is 0 Å². The van der Waals surface area contributed by atoms with Crippen molar-refractivity contribution in [3.63, 3.8) is 0 Å². The van der Waals surface area contributed by atoms with Gasteiger partial charge < -0.3 is 10.8 Å². The molecule has 0 saturated heterocycles. The molecule has 1 aromatic carbocycles. The Bertz CT molecular complexity index is 682. The molecule has 19 heavy (non-hydrogen) atoms. The van der Waals surface area contributed by atoms with Crippen LogP contribution in [0.4, 0.5) is 19.0 Å². The van der Waals surface area contributed by atoms with Crippen LogP contribution in [0.3, 0.4) is 0 Å². The smallest absolute Gasteiger partial charge is 0.341 e. The summed E-state index contributed by atoms with van der Waals surface area (Å²) in [5.74, 6) is -6.53. The van der Waals surface area contributed by atoms with Crippen LogP contribution in [0, 0.1) is 17.5 Å². The number of nitrogens with two attached hydrogens (primary N) is 1. The highest BCUT2D eigenvalue weighted by Gasteiger charge is 2.25. The van der Waals surface area contributed by atoms with Crippen molar-refractivity contribution in [1.29, 1.82) is 0 Å². The molecule has 1 aromatic heterocycles. The summed E-state index contributed by atoms with van der Waals surface area (Å²) in [5.41, 5.74) is 3.73. The Morgan fingerprint density at radius 2 is 1.95 bits per heavy atom. The van der Waals surface area contributed by atoms with E-state index in [0.29, 0.717) is 6.07 Å². The van der Waals surface area contributed by atoms with Gasteiger partial charge in [-0.25, -0.2) is 18.0 Å². The second-order valence-corrected chi connectivity index (χ2v) is 3.78. The van der Waals surface area contributed by atoms with Gasteiger partial charge in [-0.1, -0.05) is 0 Å². The third-order valence-corrected chi connectivity index (χ3v) is 2.65. The minimum atomic E-state index is -1.89. The molecule has 0 bridgehead atoms. The van der Waals surface area contributed by atoms with E-state index < -0.39 is 34.5 Å². The largest absolute Gasteiger partial charge is 0.477 e. The van der Waals surface area contributed by atoms with Crippen molar-refractivity contribution in [1.82, 2.24) is 9.78 Å². The van der Waals surface area contributed by atoms with Gasteiger partial charge in [0.15, 0.2) is 11.6 Å². The van der Waals surface area contributed by atoms with Crippen molar-refractivity contribution in [3.8, 4) is 11.1 Å². The number of benzene rings is 1. The first-order valence-corrected chi connectivity index (χ1v) is 5.03. The Morgan fingerprint density at radius 1 is 1.32 bits per heavy atom.